The first-order valence-electron chi connectivity index (χ1n) is 8.40. The maximum atomic E-state index is 11.0. The van der Waals surface area contributed by atoms with Gasteiger partial charge in [0.15, 0.2) is 5.60 Å². The molecule has 1 heterocycles. The Bertz CT molecular complexity index is 503. The lowest BCUT2D eigenvalue weighted by Gasteiger charge is -2.22. The molecule has 0 spiro atoms. The molecule has 2 fully saturated rings. The summed E-state index contributed by atoms with van der Waals surface area (Å²) in [6.07, 6.45) is 7.57. The number of aliphatic hydroxyl groups is 1. The quantitative estimate of drug-likeness (QED) is 0.812. The molecular formula is C19H26NO+. The molecule has 2 N–H and O–H groups in total. The van der Waals surface area contributed by atoms with Crippen molar-refractivity contribution in [2.75, 3.05) is 19.6 Å². The van der Waals surface area contributed by atoms with E-state index in [4.69, 9.17) is 0 Å². The van der Waals surface area contributed by atoms with Gasteiger partial charge in [0, 0.05) is 5.92 Å². The molecule has 0 bridgehead atoms. The average molecular weight is 284 g/mol. The molecule has 112 valence electrons. The normalized spacial score (nSPS) is 22.7. The fourth-order valence-electron chi connectivity index (χ4n) is 3.31. The van der Waals surface area contributed by atoms with Crippen molar-refractivity contribution in [1.29, 1.82) is 0 Å². The van der Waals surface area contributed by atoms with Crippen LogP contribution in [0.15, 0.2) is 30.3 Å². The molecule has 1 aromatic carbocycles. The molecule has 1 aliphatic heterocycles. The zero-order valence-electron chi connectivity index (χ0n) is 12.8. The van der Waals surface area contributed by atoms with Crippen molar-refractivity contribution >= 4 is 0 Å². The van der Waals surface area contributed by atoms with Crippen molar-refractivity contribution in [1.82, 2.24) is 0 Å². The van der Waals surface area contributed by atoms with E-state index in [1.54, 1.807) is 4.90 Å². The van der Waals surface area contributed by atoms with Crippen LogP contribution in [-0.2, 0) is 5.60 Å². The second kappa shape index (κ2) is 6.64. The zero-order valence-corrected chi connectivity index (χ0v) is 12.8. The Labute approximate surface area is 128 Å². The highest BCUT2D eigenvalue weighted by atomic mass is 16.3. The summed E-state index contributed by atoms with van der Waals surface area (Å²) in [5, 5.41) is 11.0. The van der Waals surface area contributed by atoms with Crippen molar-refractivity contribution < 1.29 is 10.0 Å². The maximum Gasteiger partial charge on any atom is 0.153 e. The molecule has 0 aromatic heterocycles. The van der Waals surface area contributed by atoms with Gasteiger partial charge in [-0.2, -0.15) is 0 Å². The van der Waals surface area contributed by atoms with Crippen LogP contribution in [0.5, 0.6) is 0 Å². The van der Waals surface area contributed by atoms with Crippen LogP contribution in [0.4, 0.5) is 0 Å². The van der Waals surface area contributed by atoms with Crippen molar-refractivity contribution in [2.24, 2.45) is 5.92 Å². The minimum atomic E-state index is -0.924. The van der Waals surface area contributed by atoms with Gasteiger partial charge in [-0.1, -0.05) is 36.3 Å². The third-order valence-electron chi connectivity index (χ3n) is 4.81. The van der Waals surface area contributed by atoms with Crippen molar-refractivity contribution in [3.63, 3.8) is 0 Å². The second-order valence-corrected chi connectivity index (χ2v) is 6.55. The van der Waals surface area contributed by atoms with Gasteiger partial charge in [0.2, 0.25) is 0 Å². The lowest BCUT2D eigenvalue weighted by Crippen LogP contribution is -3.11. The van der Waals surface area contributed by atoms with E-state index < -0.39 is 5.60 Å². The highest BCUT2D eigenvalue weighted by Crippen LogP contribution is 2.45. The van der Waals surface area contributed by atoms with Gasteiger partial charge in [-0.25, -0.2) is 0 Å². The molecular weight excluding hydrogens is 258 g/mol. The van der Waals surface area contributed by atoms with E-state index in [-0.39, 0.29) is 0 Å². The number of nitrogens with one attached hydrogen (secondary N) is 1. The summed E-state index contributed by atoms with van der Waals surface area (Å²) in [7, 11) is 0. The second-order valence-electron chi connectivity index (χ2n) is 6.55. The summed E-state index contributed by atoms with van der Waals surface area (Å²) in [4.78, 5) is 1.59. The molecule has 2 heteroatoms. The van der Waals surface area contributed by atoms with Gasteiger partial charge in [0.25, 0.3) is 0 Å². The standard InChI is InChI=1S/C19H25NO/c21-19(18-11-12-18,17-9-4-3-5-10-17)13-8-16-20-14-6-1-2-7-15-20/h3-5,9-10,18,21H,1-2,6-7,11-12,14-16H2/p+1. The van der Waals surface area contributed by atoms with Crippen LogP contribution in [0.3, 0.4) is 0 Å². The van der Waals surface area contributed by atoms with Crippen LogP contribution >= 0.6 is 0 Å². The van der Waals surface area contributed by atoms with Crippen LogP contribution in [0.1, 0.15) is 44.1 Å². The first kappa shape index (κ1) is 14.6. The monoisotopic (exact) mass is 284 g/mol. The Hall–Kier alpha value is -1.30. The largest absolute Gasteiger partial charge is 0.373 e. The minimum absolute atomic E-state index is 0.325. The molecule has 1 aromatic rings. The van der Waals surface area contributed by atoms with E-state index in [1.807, 2.05) is 30.3 Å². The molecule has 3 rings (SSSR count). The number of rotatable bonds is 3. The molecule has 1 saturated heterocycles. The van der Waals surface area contributed by atoms with E-state index in [1.165, 1.54) is 38.8 Å². The lowest BCUT2D eigenvalue weighted by molar-refractivity contribution is -0.891. The van der Waals surface area contributed by atoms with Crippen LogP contribution in [-0.4, -0.2) is 24.7 Å². The van der Waals surface area contributed by atoms with Gasteiger partial charge >= 0.3 is 0 Å². The Morgan fingerprint density at radius 1 is 1.05 bits per heavy atom. The Kier molecular flexibility index (Phi) is 4.63. The fraction of sp³-hybridized carbons (Fsp3) is 0.579. The summed E-state index contributed by atoms with van der Waals surface area (Å²) >= 11 is 0. The third kappa shape index (κ3) is 3.67. The van der Waals surface area contributed by atoms with Gasteiger partial charge < -0.3 is 10.0 Å². The Morgan fingerprint density at radius 3 is 2.33 bits per heavy atom. The molecule has 21 heavy (non-hydrogen) atoms. The van der Waals surface area contributed by atoms with Gasteiger partial charge in [0.1, 0.15) is 6.54 Å². The summed E-state index contributed by atoms with van der Waals surface area (Å²) < 4.78 is 0. The van der Waals surface area contributed by atoms with Crippen molar-refractivity contribution in [2.45, 2.75) is 44.1 Å². The van der Waals surface area contributed by atoms with Crippen molar-refractivity contribution in [3.8, 4) is 11.8 Å². The highest BCUT2D eigenvalue weighted by Gasteiger charge is 2.44. The van der Waals surface area contributed by atoms with Crippen LogP contribution in [0.2, 0.25) is 0 Å². The zero-order chi connectivity index (χ0) is 14.5. The number of likely N-dealkylation sites (tertiary alicyclic amines) is 1. The molecule has 2 aliphatic rings. The highest BCUT2D eigenvalue weighted by molar-refractivity contribution is 5.34. The summed E-state index contributed by atoms with van der Waals surface area (Å²) in [5.41, 5.74) is 0.0397. The summed E-state index contributed by atoms with van der Waals surface area (Å²) in [6, 6.07) is 9.98. The molecule has 2 nitrogen and oxygen atoms in total. The predicted octanol–water partition coefficient (Wildman–Crippen LogP) is 1.75. The Balaban J connectivity index is 1.70. The third-order valence-corrected chi connectivity index (χ3v) is 4.81. The maximum absolute atomic E-state index is 11.0. The molecule has 0 radical (unpaired) electrons. The molecule has 0 amide bonds. The number of hydrogen-bond acceptors (Lipinski definition) is 1. The summed E-state index contributed by atoms with van der Waals surface area (Å²) in [6.45, 7) is 3.35. The van der Waals surface area contributed by atoms with Crippen molar-refractivity contribution in [3.05, 3.63) is 35.9 Å². The van der Waals surface area contributed by atoms with E-state index in [2.05, 4.69) is 11.8 Å². The number of quaternary nitrogens is 1. The van der Waals surface area contributed by atoms with E-state index >= 15 is 0 Å². The van der Waals surface area contributed by atoms with Crippen LogP contribution in [0.25, 0.3) is 0 Å². The van der Waals surface area contributed by atoms with Crippen LogP contribution in [0, 0.1) is 17.8 Å². The van der Waals surface area contributed by atoms with Gasteiger partial charge in [-0.05, 0) is 50.0 Å². The smallest absolute Gasteiger partial charge is 0.153 e. The lowest BCUT2D eigenvalue weighted by atomic mass is 9.89. The van der Waals surface area contributed by atoms with E-state index in [9.17, 15) is 5.11 Å². The average Bonchev–Trinajstić information content (AvgIpc) is 3.36. The Morgan fingerprint density at radius 2 is 1.71 bits per heavy atom. The van der Waals surface area contributed by atoms with Crippen LogP contribution < -0.4 is 4.90 Å². The molecule has 1 atom stereocenters. The fourth-order valence-corrected chi connectivity index (χ4v) is 3.31. The van der Waals surface area contributed by atoms with E-state index in [0.717, 1.165) is 24.9 Å². The molecule has 1 unspecified atom stereocenters. The summed E-state index contributed by atoms with van der Waals surface area (Å²) in [5.74, 6) is 6.86. The van der Waals surface area contributed by atoms with Gasteiger partial charge in [-0.3, -0.25) is 0 Å². The first-order valence-corrected chi connectivity index (χ1v) is 8.40. The molecule has 1 aliphatic carbocycles. The van der Waals surface area contributed by atoms with Gasteiger partial charge in [-0.15, -0.1) is 0 Å². The van der Waals surface area contributed by atoms with E-state index in [0.29, 0.717) is 5.92 Å². The number of benzene rings is 1. The topological polar surface area (TPSA) is 24.7 Å². The molecule has 1 saturated carbocycles. The van der Waals surface area contributed by atoms with Gasteiger partial charge in [0.05, 0.1) is 13.1 Å². The minimum Gasteiger partial charge on any atom is -0.373 e. The SMILES string of the molecule is OC(C#CC[NH+]1CCCCCC1)(c1ccccc1)C1CC1. The number of hydrogen-bond donors (Lipinski definition) is 2. The predicted molar refractivity (Wildman–Crippen MR) is 84.9 cm³/mol. The first-order chi connectivity index (χ1) is 10.3.